The van der Waals surface area contributed by atoms with Crippen LogP contribution in [0.4, 0.5) is 5.82 Å². The van der Waals surface area contributed by atoms with Crippen LogP contribution in [0.1, 0.15) is 32.2 Å². The van der Waals surface area contributed by atoms with Gasteiger partial charge in [0.1, 0.15) is 22.9 Å². The number of H-pyrrole nitrogens is 1. The third-order valence-electron chi connectivity index (χ3n) is 5.90. The van der Waals surface area contributed by atoms with E-state index in [1.165, 1.54) is 0 Å². The highest BCUT2D eigenvalue weighted by Crippen LogP contribution is 2.30. The zero-order chi connectivity index (χ0) is 23.8. The number of aromatic nitrogens is 2. The molecular weight excluding hydrogens is 444 g/mol. The van der Waals surface area contributed by atoms with Crippen LogP contribution in [0.5, 0.6) is 11.5 Å². The first-order chi connectivity index (χ1) is 17.1. The van der Waals surface area contributed by atoms with Crippen LogP contribution in [0.3, 0.4) is 0 Å². The topological polar surface area (TPSA) is 100 Å². The van der Waals surface area contributed by atoms with Crippen molar-refractivity contribution in [2.24, 2.45) is 0 Å². The predicted molar refractivity (Wildman–Crippen MR) is 129 cm³/mol. The first-order valence-electron chi connectivity index (χ1n) is 11.1. The highest BCUT2D eigenvalue weighted by Gasteiger charge is 2.31. The first kappa shape index (κ1) is 20.7. The van der Waals surface area contributed by atoms with E-state index in [4.69, 9.17) is 9.15 Å². The van der Waals surface area contributed by atoms with Gasteiger partial charge in [-0.1, -0.05) is 36.4 Å². The molecule has 0 fully saturated rings. The molecule has 0 saturated carbocycles. The molecule has 0 unspecified atom stereocenters. The zero-order valence-electron chi connectivity index (χ0n) is 18.5. The Morgan fingerprint density at radius 1 is 0.914 bits per heavy atom. The van der Waals surface area contributed by atoms with Crippen molar-refractivity contribution < 1.29 is 18.7 Å². The zero-order valence-corrected chi connectivity index (χ0v) is 18.5. The van der Waals surface area contributed by atoms with E-state index in [1.807, 2.05) is 54.6 Å². The lowest BCUT2D eigenvalue weighted by Gasteiger charge is -2.14. The van der Waals surface area contributed by atoms with Crippen molar-refractivity contribution >= 4 is 28.6 Å². The largest absolute Gasteiger partial charge is 0.457 e. The van der Waals surface area contributed by atoms with Crippen LogP contribution in [0.15, 0.2) is 89.3 Å². The van der Waals surface area contributed by atoms with E-state index in [1.54, 1.807) is 35.2 Å². The second-order valence-electron chi connectivity index (χ2n) is 8.23. The van der Waals surface area contributed by atoms with E-state index in [2.05, 4.69) is 15.5 Å². The molecular formula is C27H20N4O4. The maximum Gasteiger partial charge on any atom is 0.290 e. The van der Waals surface area contributed by atoms with Crippen molar-refractivity contribution in [3.63, 3.8) is 0 Å². The van der Waals surface area contributed by atoms with E-state index in [9.17, 15) is 9.59 Å². The van der Waals surface area contributed by atoms with Crippen LogP contribution in [-0.4, -0.2) is 26.9 Å². The minimum atomic E-state index is -0.287. The van der Waals surface area contributed by atoms with Gasteiger partial charge in [0.15, 0.2) is 5.76 Å². The number of nitrogens with zero attached hydrogens (tertiary/aromatic N) is 2. The van der Waals surface area contributed by atoms with Gasteiger partial charge in [-0.3, -0.25) is 14.7 Å². The Kier molecular flexibility index (Phi) is 5.03. The number of carbonyl (C=O) groups excluding carboxylic acids is 2. The van der Waals surface area contributed by atoms with Crippen LogP contribution in [0, 0.1) is 0 Å². The van der Waals surface area contributed by atoms with Gasteiger partial charge in [0.05, 0.1) is 18.8 Å². The molecule has 0 aliphatic carbocycles. The van der Waals surface area contributed by atoms with Crippen molar-refractivity contribution in [3.05, 3.63) is 108 Å². The van der Waals surface area contributed by atoms with Gasteiger partial charge < -0.3 is 19.4 Å². The first-order valence-corrected chi connectivity index (χ1v) is 11.1. The highest BCUT2D eigenvalue weighted by molar-refractivity contribution is 6.04. The maximum absolute atomic E-state index is 13.0. The number of fused-ring (bicyclic) bond motifs is 2. The molecule has 8 nitrogen and oxygen atoms in total. The fourth-order valence-electron chi connectivity index (χ4n) is 4.11. The van der Waals surface area contributed by atoms with Crippen molar-refractivity contribution in [1.29, 1.82) is 0 Å². The lowest BCUT2D eigenvalue weighted by molar-refractivity contribution is 0.0720. The second kappa shape index (κ2) is 8.49. The minimum absolute atomic E-state index is 0.217. The number of hydrogen-bond donors (Lipinski definition) is 2. The monoisotopic (exact) mass is 464 g/mol. The minimum Gasteiger partial charge on any atom is -0.457 e. The van der Waals surface area contributed by atoms with Gasteiger partial charge in [-0.05, 0) is 48.5 Å². The molecule has 0 atom stereocenters. The number of para-hydroxylation sites is 2. The van der Waals surface area contributed by atoms with Crippen LogP contribution >= 0.6 is 0 Å². The van der Waals surface area contributed by atoms with Gasteiger partial charge in [-0.25, -0.2) is 0 Å². The molecule has 2 aromatic heterocycles. The number of anilines is 1. The molecule has 0 spiro atoms. The molecule has 0 saturated heterocycles. The van der Waals surface area contributed by atoms with E-state index in [0.717, 1.165) is 22.4 Å². The summed E-state index contributed by atoms with van der Waals surface area (Å²) in [5, 5.41) is 10.9. The Hall–Kier alpha value is -4.85. The van der Waals surface area contributed by atoms with Crippen molar-refractivity contribution in [3.8, 4) is 11.5 Å². The summed E-state index contributed by atoms with van der Waals surface area (Å²) < 4.78 is 11.5. The number of furan rings is 1. The van der Waals surface area contributed by atoms with Crippen molar-refractivity contribution in [2.45, 2.75) is 13.1 Å². The Morgan fingerprint density at radius 2 is 1.66 bits per heavy atom. The number of aromatic amines is 1. The Morgan fingerprint density at radius 3 is 2.46 bits per heavy atom. The third kappa shape index (κ3) is 4.02. The smallest absolute Gasteiger partial charge is 0.290 e. The summed E-state index contributed by atoms with van der Waals surface area (Å²) in [6, 6.07) is 25.5. The van der Waals surface area contributed by atoms with E-state index in [0.29, 0.717) is 35.8 Å². The fraction of sp³-hybridized carbons (Fsp3) is 0.0741. The van der Waals surface area contributed by atoms with E-state index >= 15 is 0 Å². The molecule has 172 valence electrons. The third-order valence-corrected chi connectivity index (χ3v) is 5.90. The predicted octanol–water partition coefficient (Wildman–Crippen LogP) is 5.36. The lowest BCUT2D eigenvalue weighted by atomic mass is 10.2. The molecule has 1 aliphatic heterocycles. The lowest BCUT2D eigenvalue weighted by Crippen LogP contribution is -2.25. The normalized spacial score (nSPS) is 12.5. The number of benzene rings is 3. The maximum atomic E-state index is 13.0. The van der Waals surface area contributed by atoms with Crippen LogP contribution in [-0.2, 0) is 13.1 Å². The van der Waals surface area contributed by atoms with Crippen molar-refractivity contribution in [2.75, 3.05) is 5.32 Å². The molecule has 2 N–H and O–H groups in total. The SMILES string of the molecule is O=C(Nc1[nH]nc2c1CN(C(=O)c1cc3ccccc3o1)C2)c1ccc(Oc2ccccc2)cc1. The summed E-state index contributed by atoms with van der Waals surface area (Å²) in [7, 11) is 0. The van der Waals surface area contributed by atoms with Crippen molar-refractivity contribution in [1.82, 2.24) is 15.1 Å². The molecule has 5 aromatic rings. The summed E-state index contributed by atoms with van der Waals surface area (Å²) in [5.74, 6) is 1.61. The highest BCUT2D eigenvalue weighted by atomic mass is 16.5. The van der Waals surface area contributed by atoms with Gasteiger partial charge in [-0.2, -0.15) is 5.10 Å². The standard InChI is InChI=1S/C27H20N4O4/c32-26(17-10-12-20(13-11-17)34-19-7-2-1-3-8-19)28-25-21-15-31(16-22(21)29-30-25)27(33)24-14-18-6-4-5-9-23(18)35-24/h1-14H,15-16H2,(H2,28,29,30,32). The molecule has 8 heteroatoms. The molecule has 35 heavy (non-hydrogen) atoms. The number of hydrogen-bond acceptors (Lipinski definition) is 5. The summed E-state index contributed by atoms with van der Waals surface area (Å²) in [6.45, 7) is 0.657. The number of nitrogens with one attached hydrogen (secondary N) is 2. The summed E-state index contributed by atoms with van der Waals surface area (Å²) in [6.07, 6.45) is 0. The molecule has 0 bridgehead atoms. The molecule has 1 aliphatic rings. The molecule has 0 radical (unpaired) electrons. The van der Waals surface area contributed by atoms with Gasteiger partial charge >= 0.3 is 0 Å². The summed E-state index contributed by atoms with van der Waals surface area (Å²) in [4.78, 5) is 27.5. The quantitative estimate of drug-likeness (QED) is 0.365. The Labute approximate surface area is 200 Å². The van der Waals surface area contributed by atoms with Crippen LogP contribution in [0.25, 0.3) is 11.0 Å². The molecule has 3 aromatic carbocycles. The number of ether oxygens (including phenoxy) is 1. The van der Waals surface area contributed by atoms with Crippen LogP contribution in [0.2, 0.25) is 0 Å². The van der Waals surface area contributed by atoms with Gasteiger partial charge in [-0.15, -0.1) is 0 Å². The number of carbonyl (C=O) groups is 2. The van der Waals surface area contributed by atoms with E-state index < -0.39 is 0 Å². The Balaban J connectivity index is 1.13. The Bertz CT molecular complexity index is 1500. The van der Waals surface area contributed by atoms with Gasteiger partial charge in [0.2, 0.25) is 0 Å². The second-order valence-corrected chi connectivity index (χ2v) is 8.23. The molecule has 6 rings (SSSR count). The number of rotatable bonds is 5. The van der Waals surface area contributed by atoms with E-state index in [-0.39, 0.29) is 17.6 Å². The number of amides is 2. The fourth-order valence-corrected chi connectivity index (χ4v) is 4.11. The van der Waals surface area contributed by atoms with Crippen LogP contribution < -0.4 is 10.1 Å². The molecule has 2 amide bonds. The van der Waals surface area contributed by atoms with Gasteiger partial charge in [0.25, 0.3) is 11.8 Å². The summed E-state index contributed by atoms with van der Waals surface area (Å²) in [5.41, 5.74) is 2.65. The molecule has 3 heterocycles. The van der Waals surface area contributed by atoms with Gasteiger partial charge in [0, 0.05) is 16.5 Å². The average molecular weight is 464 g/mol. The average Bonchev–Trinajstić information content (AvgIpc) is 3.60. The summed E-state index contributed by atoms with van der Waals surface area (Å²) >= 11 is 0.